The van der Waals surface area contributed by atoms with E-state index < -0.39 is 11.7 Å². The van der Waals surface area contributed by atoms with E-state index in [0.717, 1.165) is 5.56 Å². The molecule has 0 radical (unpaired) electrons. The quantitative estimate of drug-likeness (QED) is 0.694. The molecule has 18 heavy (non-hydrogen) atoms. The van der Waals surface area contributed by atoms with Crippen molar-refractivity contribution in [2.24, 2.45) is 0 Å². The molecule has 0 saturated carbocycles. The maximum Gasteiger partial charge on any atom is 0.325 e. The molecule has 0 atom stereocenters. The van der Waals surface area contributed by atoms with E-state index in [9.17, 15) is 14.7 Å². The topological polar surface area (TPSA) is 95.2 Å². The van der Waals surface area contributed by atoms with Gasteiger partial charge in [0.15, 0.2) is 0 Å². The summed E-state index contributed by atoms with van der Waals surface area (Å²) in [5, 5.41) is 9.27. The minimum Gasteiger partial charge on any atom is -0.493 e. The maximum atomic E-state index is 11.5. The Hall–Kier alpha value is -2.50. The third kappa shape index (κ3) is 3.00. The van der Waals surface area contributed by atoms with Crippen molar-refractivity contribution in [1.29, 1.82) is 0 Å². The van der Waals surface area contributed by atoms with Crippen LogP contribution in [0.3, 0.4) is 0 Å². The highest BCUT2D eigenvalue weighted by atomic mass is 16.5. The van der Waals surface area contributed by atoms with Gasteiger partial charge in [0.1, 0.15) is 6.61 Å². The standard InChI is InChI=1S/C12H12N2O4/c15-10(6-9-11(16)14-12(17)13-9)18-7-8-4-2-1-3-5-8/h1-5,16H,6-7H2,(H2,13,14,17). The number of hydrogen-bond donors (Lipinski definition) is 3. The Morgan fingerprint density at radius 2 is 1.94 bits per heavy atom. The van der Waals surface area contributed by atoms with Crippen molar-refractivity contribution >= 4 is 5.97 Å². The molecule has 2 aromatic rings. The number of hydrogen-bond acceptors (Lipinski definition) is 4. The van der Waals surface area contributed by atoms with Crippen LogP contribution in [0.2, 0.25) is 0 Å². The molecule has 0 aliphatic carbocycles. The number of aromatic amines is 2. The van der Waals surface area contributed by atoms with Gasteiger partial charge >= 0.3 is 11.7 Å². The number of esters is 1. The third-order valence-electron chi connectivity index (χ3n) is 2.35. The molecule has 0 unspecified atom stereocenters. The van der Waals surface area contributed by atoms with Crippen molar-refractivity contribution in [1.82, 2.24) is 9.97 Å². The largest absolute Gasteiger partial charge is 0.493 e. The fraction of sp³-hybridized carbons (Fsp3) is 0.167. The first-order valence-electron chi connectivity index (χ1n) is 5.35. The summed E-state index contributed by atoms with van der Waals surface area (Å²) in [6, 6.07) is 9.23. The highest BCUT2D eigenvalue weighted by molar-refractivity contribution is 5.72. The molecule has 1 aromatic carbocycles. The minimum absolute atomic E-state index is 0.123. The molecule has 0 spiro atoms. The number of carbonyl (C=O) groups excluding carboxylic acids is 1. The van der Waals surface area contributed by atoms with E-state index in [1.807, 2.05) is 30.3 Å². The summed E-state index contributed by atoms with van der Waals surface area (Å²) in [7, 11) is 0. The highest BCUT2D eigenvalue weighted by Crippen LogP contribution is 2.09. The van der Waals surface area contributed by atoms with Gasteiger partial charge in [-0.15, -0.1) is 0 Å². The number of benzene rings is 1. The van der Waals surface area contributed by atoms with Gasteiger partial charge in [-0.1, -0.05) is 30.3 Å². The number of aromatic nitrogens is 2. The van der Waals surface area contributed by atoms with Gasteiger partial charge in [0.2, 0.25) is 5.88 Å². The van der Waals surface area contributed by atoms with Crippen molar-refractivity contribution in [3.05, 3.63) is 52.1 Å². The van der Waals surface area contributed by atoms with Crippen LogP contribution in [0.5, 0.6) is 5.88 Å². The van der Waals surface area contributed by atoms with Crippen molar-refractivity contribution in [2.45, 2.75) is 13.0 Å². The lowest BCUT2D eigenvalue weighted by molar-refractivity contribution is -0.144. The summed E-state index contributed by atoms with van der Waals surface area (Å²) < 4.78 is 5.01. The molecule has 0 aliphatic heterocycles. The fourth-order valence-corrected chi connectivity index (χ4v) is 1.47. The SMILES string of the molecule is O=C(Cc1[nH]c(=O)[nH]c1O)OCc1ccccc1. The molecule has 0 bridgehead atoms. The molecular weight excluding hydrogens is 236 g/mol. The number of ether oxygens (including phenoxy) is 1. The van der Waals surface area contributed by atoms with Crippen molar-refractivity contribution in [3.63, 3.8) is 0 Å². The van der Waals surface area contributed by atoms with Crippen LogP contribution in [0.4, 0.5) is 0 Å². The van der Waals surface area contributed by atoms with Crippen LogP contribution in [0, 0.1) is 0 Å². The Morgan fingerprint density at radius 1 is 1.22 bits per heavy atom. The van der Waals surface area contributed by atoms with Crippen molar-refractivity contribution in [3.8, 4) is 5.88 Å². The number of imidazole rings is 1. The number of nitrogens with one attached hydrogen (secondary N) is 2. The van der Waals surface area contributed by atoms with Gasteiger partial charge in [0.25, 0.3) is 0 Å². The van der Waals surface area contributed by atoms with E-state index in [1.54, 1.807) is 0 Å². The van der Waals surface area contributed by atoms with E-state index >= 15 is 0 Å². The average molecular weight is 248 g/mol. The number of aromatic hydroxyl groups is 1. The number of rotatable bonds is 4. The molecule has 1 heterocycles. The van der Waals surface area contributed by atoms with Gasteiger partial charge in [-0.3, -0.25) is 9.78 Å². The van der Waals surface area contributed by atoms with Crippen molar-refractivity contribution in [2.75, 3.05) is 0 Å². The van der Waals surface area contributed by atoms with Crippen LogP contribution in [0.1, 0.15) is 11.3 Å². The summed E-state index contributed by atoms with van der Waals surface area (Å²) in [5.74, 6) is -0.860. The van der Waals surface area contributed by atoms with E-state index in [4.69, 9.17) is 4.74 Å². The Bertz CT molecular complexity index is 586. The Balaban J connectivity index is 1.90. The Kier molecular flexibility index (Phi) is 3.47. The second-order valence-corrected chi connectivity index (χ2v) is 3.73. The first kappa shape index (κ1) is 12.0. The van der Waals surface area contributed by atoms with Gasteiger partial charge < -0.3 is 14.8 Å². The first-order chi connectivity index (χ1) is 8.65. The minimum atomic E-state index is -0.557. The van der Waals surface area contributed by atoms with Crippen molar-refractivity contribution < 1.29 is 14.6 Å². The second-order valence-electron chi connectivity index (χ2n) is 3.73. The summed E-state index contributed by atoms with van der Waals surface area (Å²) in [4.78, 5) is 26.8. The van der Waals surface area contributed by atoms with E-state index in [-0.39, 0.29) is 24.6 Å². The van der Waals surface area contributed by atoms with Gasteiger partial charge in [-0.25, -0.2) is 4.79 Å². The van der Waals surface area contributed by atoms with Gasteiger partial charge in [-0.05, 0) is 5.56 Å². The van der Waals surface area contributed by atoms with E-state index in [2.05, 4.69) is 9.97 Å². The smallest absolute Gasteiger partial charge is 0.325 e. The molecule has 3 N–H and O–H groups in total. The fourth-order valence-electron chi connectivity index (χ4n) is 1.47. The van der Waals surface area contributed by atoms with Crippen LogP contribution in [0.25, 0.3) is 0 Å². The predicted octanol–water partition coefficient (Wildman–Crippen LogP) is 0.695. The molecule has 6 nitrogen and oxygen atoms in total. The van der Waals surface area contributed by atoms with Crippen LogP contribution in [0.15, 0.2) is 35.1 Å². The lowest BCUT2D eigenvalue weighted by Gasteiger charge is -2.03. The molecule has 6 heteroatoms. The average Bonchev–Trinajstić information content (AvgIpc) is 2.67. The first-order valence-corrected chi connectivity index (χ1v) is 5.35. The molecule has 1 aromatic heterocycles. The second kappa shape index (κ2) is 5.22. The normalized spacial score (nSPS) is 10.2. The van der Waals surface area contributed by atoms with Crippen LogP contribution < -0.4 is 5.69 Å². The highest BCUT2D eigenvalue weighted by Gasteiger charge is 2.11. The molecule has 0 fully saturated rings. The van der Waals surface area contributed by atoms with Crippen LogP contribution in [-0.4, -0.2) is 21.0 Å². The zero-order valence-electron chi connectivity index (χ0n) is 9.47. The summed E-state index contributed by atoms with van der Waals surface area (Å²) in [5.41, 5.74) is 0.439. The summed E-state index contributed by atoms with van der Waals surface area (Å²) >= 11 is 0. The molecule has 94 valence electrons. The van der Waals surface area contributed by atoms with E-state index in [0.29, 0.717) is 0 Å². The van der Waals surface area contributed by atoms with Gasteiger partial charge in [0, 0.05) is 0 Å². The lowest BCUT2D eigenvalue weighted by Crippen LogP contribution is -2.09. The number of carbonyl (C=O) groups is 1. The van der Waals surface area contributed by atoms with Crippen LogP contribution in [-0.2, 0) is 22.6 Å². The van der Waals surface area contributed by atoms with E-state index in [1.165, 1.54) is 0 Å². The zero-order chi connectivity index (χ0) is 13.0. The monoisotopic (exact) mass is 248 g/mol. The molecule has 2 rings (SSSR count). The summed E-state index contributed by atoms with van der Waals surface area (Å²) in [6.07, 6.45) is -0.183. The molecule has 0 saturated heterocycles. The molecule has 0 amide bonds. The lowest BCUT2D eigenvalue weighted by atomic mass is 10.2. The van der Waals surface area contributed by atoms with Crippen LogP contribution >= 0.6 is 0 Å². The molecule has 0 aliphatic rings. The zero-order valence-corrected chi connectivity index (χ0v) is 9.47. The Morgan fingerprint density at radius 3 is 2.56 bits per heavy atom. The Labute approximate surface area is 102 Å². The third-order valence-corrected chi connectivity index (χ3v) is 2.35. The predicted molar refractivity (Wildman–Crippen MR) is 63.0 cm³/mol. The van der Waals surface area contributed by atoms with Gasteiger partial charge in [-0.2, -0.15) is 0 Å². The maximum absolute atomic E-state index is 11.5. The molecular formula is C12H12N2O4. The summed E-state index contributed by atoms with van der Waals surface area (Å²) in [6.45, 7) is 0.162. The van der Waals surface area contributed by atoms with Gasteiger partial charge in [0.05, 0.1) is 12.1 Å². The number of H-pyrrole nitrogens is 2.